The Morgan fingerprint density at radius 3 is 2.32 bits per heavy atom. The highest BCUT2D eigenvalue weighted by Crippen LogP contribution is 2.20. The Morgan fingerprint density at radius 1 is 1.27 bits per heavy atom. The number of benzene rings is 1. The minimum absolute atomic E-state index is 0.238. The molecule has 22 heavy (non-hydrogen) atoms. The van der Waals surface area contributed by atoms with Crippen molar-refractivity contribution in [3.63, 3.8) is 0 Å². The van der Waals surface area contributed by atoms with Crippen molar-refractivity contribution in [2.24, 2.45) is 0 Å². The minimum atomic E-state index is -0.402. The molecule has 0 aliphatic rings. The number of anilines is 1. The summed E-state index contributed by atoms with van der Waals surface area (Å²) in [6, 6.07) is 5.03. The Labute approximate surface area is 139 Å². The molecule has 1 unspecified atom stereocenters. The van der Waals surface area contributed by atoms with Crippen molar-refractivity contribution in [3.05, 3.63) is 28.8 Å². The summed E-state index contributed by atoms with van der Waals surface area (Å²) in [6.07, 6.45) is 0.935. The number of nitrogens with two attached hydrogens (primary N) is 1. The van der Waals surface area contributed by atoms with E-state index in [1.807, 2.05) is 13.8 Å². The number of halogens is 1. The Kier molecular flexibility index (Phi) is 10.7. The largest absolute Gasteiger partial charge is 0.460 e. The van der Waals surface area contributed by atoms with E-state index in [2.05, 4.69) is 25.7 Å². The summed E-state index contributed by atoms with van der Waals surface area (Å²) in [5, 5.41) is 0.325. The highest BCUT2D eigenvalue weighted by Gasteiger charge is 2.18. The molecule has 0 saturated carbocycles. The van der Waals surface area contributed by atoms with Gasteiger partial charge in [0, 0.05) is 11.7 Å². The number of hydrogen-bond donors (Lipinski definition) is 1. The number of nitrogen functional groups attached to an aromatic ring is 1. The van der Waals surface area contributed by atoms with Crippen LogP contribution >= 0.6 is 11.6 Å². The lowest BCUT2D eigenvalue weighted by atomic mass is 10.2. The first-order chi connectivity index (χ1) is 10.5. The van der Waals surface area contributed by atoms with E-state index >= 15 is 0 Å². The van der Waals surface area contributed by atoms with Gasteiger partial charge in [0.15, 0.2) is 0 Å². The fraction of sp³-hybridized carbons (Fsp3) is 0.588. The molecule has 5 heteroatoms. The molecule has 0 aliphatic heterocycles. The molecule has 0 bridgehead atoms. The molecule has 0 aromatic heterocycles. The Balaban J connectivity index is 0.00000211. The molecule has 0 spiro atoms. The third-order valence-corrected chi connectivity index (χ3v) is 3.73. The van der Waals surface area contributed by atoms with Crippen LogP contribution < -0.4 is 5.73 Å². The second kappa shape index (κ2) is 11.3. The first-order valence-electron chi connectivity index (χ1n) is 7.99. The fourth-order valence-electron chi connectivity index (χ4n) is 2.17. The summed E-state index contributed by atoms with van der Waals surface area (Å²) in [4.78, 5) is 14.3. The number of carbonyl (C=O) groups is 1. The van der Waals surface area contributed by atoms with Gasteiger partial charge < -0.3 is 10.5 Å². The first kappa shape index (κ1) is 20.7. The third-order valence-electron chi connectivity index (χ3n) is 3.42. The lowest BCUT2D eigenvalue weighted by Crippen LogP contribution is -2.38. The molecule has 1 aromatic carbocycles. The Morgan fingerprint density at radius 2 is 1.86 bits per heavy atom. The Bertz CT molecular complexity index is 448. The second-order valence-corrected chi connectivity index (χ2v) is 5.03. The molecule has 0 saturated heterocycles. The van der Waals surface area contributed by atoms with Crippen LogP contribution in [0, 0.1) is 0 Å². The van der Waals surface area contributed by atoms with Gasteiger partial charge in [0.2, 0.25) is 0 Å². The fourth-order valence-corrected chi connectivity index (χ4v) is 2.43. The summed E-state index contributed by atoms with van der Waals surface area (Å²) < 4.78 is 5.38. The minimum Gasteiger partial charge on any atom is -0.460 e. The van der Waals surface area contributed by atoms with E-state index in [4.69, 9.17) is 22.1 Å². The average Bonchev–Trinajstić information content (AvgIpc) is 2.53. The molecule has 0 amide bonds. The topological polar surface area (TPSA) is 55.6 Å². The SMILES string of the molecule is CC.CCC(COC(=O)c1ccc(N)cc1Cl)N(CC)CC. The lowest BCUT2D eigenvalue weighted by Gasteiger charge is -2.28. The molecule has 126 valence electrons. The zero-order chi connectivity index (χ0) is 17.1. The van der Waals surface area contributed by atoms with Crippen LogP contribution in [0.1, 0.15) is 51.4 Å². The molecule has 1 aromatic rings. The predicted octanol–water partition coefficient (Wildman–Crippen LogP) is 4.23. The van der Waals surface area contributed by atoms with Crippen LogP contribution in [-0.4, -0.2) is 36.6 Å². The maximum Gasteiger partial charge on any atom is 0.339 e. The van der Waals surface area contributed by atoms with Crippen LogP contribution in [0.5, 0.6) is 0 Å². The van der Waals surface area contributed by atoms with Gasteiger partial charge in [-0.15, -0.1) is 0 Å². The molecule has 1 atom stereocenters. The van der Waals surface area contributed by atoms with Gasteiger partial charge in [0.25, 0.3) is 0 Å². The standard InChI is InChI=1S/C15H23ClN2O2.C2H6/c1-4-12(18(5-2)6-3)10-20-15(19)13-8-7-11(17)9-14(13)16;1-2/h7-9,12H,4-6,10,17H2,1-3H3;1-2H3. The van der Waals surface area contributed by atoms with Gasteiger partial charge in [-0.3, -0.25) is 4.90 Å². The molecule has 4 nitrogen and oxygen atoms in total. The van der Waals surface area contributed by atoms with E-state index in [-0.39, 0.29) is 6.04 Å². The zero-order valence-electron chi connectivity index (χ0n) is 14.4. The highest BCUT2D eigenvalue weighted by molar-refractivity contribution is 6.33. The number of hydrogen-bond acceptors (Lipinski definition) is 4. The summed E-state index contributed by atoms with van der Waals surface area (Å²) >= 11 is 6.00. The van der Waals surface area contributed by atoms with Crippen LogP contribution in [-0.2, 0) is 4.74 Å². The van der Waals surface area contributed by atoms with Gasteiger partial charge in [-0.2, -0.15) is 0 Å². The van der Waals surface area contributed by atoms with Crippen molar-refractivity contribution in [2.75, 3.05) is 25.4 Å². The van der Waals surface area contributed by atoms with E-state index in [1.54, 1.807) is 18.2 Å². The first-order valence-corrected chi connectivity index (χ1v) is 8.37. The van der Waals surface area contributed by atoms with Gasteiger partial charge in [-0.1, -0.05) is 46.2 Å². The number of likely N-dealkylation sites (N-methyl/N-ethyl adjacent to an activating group) is 1. The third kappa shape index (κ3) is 6.24. The van der Waals surface area contributed by atoms with Crippen molar-refractivity contribution >= 4 is 23.3 Å². The second-order valence-electron chi connectivity index (χ2n) is 4.62. The molecular formula is C17H29ClN2O2. The van der Waals surface area contributed by atoms with Crippen molar-refractivity contribution in [2.45, 2.75) is 47.1 Å². The number of nitrogens with zero attached hydrogens (tertiary/aromatic N) is 1. The monoisotopic (exact) mass is 328 g/mol. The molecular weight excluding hydrogens is 300 g/mol. The lowest BCUT2D eigenvalue weighted by molar-refractivity contribution is 0.0355. The number of carbonyl (C=O) groups excluding carboxylic acids is 1. The molecule has 1 rings (SSSR count). The van der Waals surface area contributed by atoms with E-state index < -0.39 is 5.97 Å². The molecule has 0 heterocycles. The van der Waals surface area contributed by atoms with Gasteiger partial charge >= 0.3 is 5.97 Å². The maximum absolute atomic E-state index is 12.0. The van der Waals surface area contributed by atoms with E-state index in [1.165, 1.54) is 0 Å². The van der Waals surface area contributed by atoms with E-state index in [0.717, 1.165) is 19.5 Å². The highest BCUT2D eigenvalue weighted by atomic mass is 35.5. The Hall–Kier alpha value is -1.26. The van der Waals surface area contributed by atoms with Crippen LogP contribution in [0.3, 0.4) is 0 Å². The van der Waals surface area contributed by atoms with E-state index in [0.29, 0.717) is 22.9 Å². The summed E-state index contributed by atoms with van der Waals surface area (Å²) in [7, 11) is 0. The molecule has 0 aliphatic carbocycles. The number of esters is 1. The van der Waals surface area contributed by atoms with Crippen molar-refractivity contribution in [3.8, 4) is 0 Å². The zero-order valence-corrected chi connectivity index (χ0v) is 15.1. The summed E-state index contributed by atoms with van der Waals surface area (Å²) in [6.45, 7) is 12.5. The van der Waals surface area contributed by atoms with Crippen LogP contribution in [0.4, 0.5) is 5.69 Å². The maximum atomic E-state index is 12.0. The smallest absolute Gasteiger partial charge is 0.339 e. The summed E-state index contributed by atoms with van der Waals surface area (Å²) in [5.74, 6) is -0.402. The van der Waals surface area contributed by atoms with Crippen molar-refractivity contribution in [1.82, 2.24) is 4.90 Å². The molecule has 0 radical (unpaired) electrons. The number of rotatable bonds is 7. The van der Waals surface area contributed by atoms with Crippen LogP contribution in [0.15, 0.2) is 18.2 Å². The van der Waals surface area contributed by atoms with Crippen molar-refractivity contribution < 1.29 is 9.53 Å². The van der Waals surface area contributed by atoms with E-state index in [9.17, 15) is 4.79 Å². The normalized spacial score (nSPS) is 11.6. The predicted molar refractivity (Wildman–Crippen MR) is 94.5 cm³/mol. The summed E-state index contributed by atoms with van der Waals surface area (Å²) in [5.41, 5.74) is 6.49. The van der Waals surface area contributed by atoms with Crippen molar-refractivity contribution in [1.29, 1.82) is 0 Å². The molecule has 0 fully saturated rings. The average molecular weight is 329 g/mol. The van der Waals surface area contributed by atoms with Gasteiger partial charge in [0.1, 0.15) is 6.61 Å². The van der Waals surface area contributed by atoms with Crippen LogP contribution in [0.2, 0.25) is 5.02 Å². The molecule has 2 N–H and O–H groups in total. The van der Waals surface area contributed by atoms with Gasteiger partial charge in [-0.05, 0) is 37.7 Å². The number of ether oxygens (including phenoxy) is 1. The van der Waals surface area contributed by atoms with Gasteiger partial charge in [0.05, 0.1) is 10.6 Å². The van der Waals surface area contributed by atoms with Crippen LogP contribution in [0.25, 0.3) is 0 Å². The van der Waals surface area contributed by atoms with Gasteiger partial charge in [-0.25, -0.2) is 4.79 Å². The quantitative estimate of drug-likeness (QED) is 0.601.